The maximum absolute atomic E-state index is 12.8. The van der Waals surface area contributed by atoms with E-state index < -0.39 is 0 Å². The van der Waals surface area contributed by atoms with Crippen molar-refractivity contribution < 1.29 is 9.53 Å². The Balaban J connectivity index is 1.66. The third-order valence-electron chi connectivity index (χ3n) is 4.48. The second-order valence-electron chi connectivity index (χ2n) is 6.59. The number of fused-ring (bicyclic) bond motifs is 1. The number of hydrogen-bond donors (Lipinski definition) is 1. The van der Waals surface area contributed by atoms with E-state index in [1.807, 2.05) is 37.3 Å². The van der Waals surface area contributed by atoms with Crippen LogP contribution in [-0.2, 0) is 6.42 Å². The molecule has 30 heavy (non-hydrogen) atoms. The summed E-state index contributed by atoms with van der Waals surface area (Å²) in [5.41, 5.74) is 2.19. The van der Waals surface area contributed by atoms with Crippen LogP contribution in [0.1, 0.15) is 28.8 Å². The molecule has 4 rings (SSSR count). The number of hydrogen-bond acceptors (Lipinski definition) is 6. The summed E-state index contributed by atoms with van der Waals surface area (Å²) in [5, 5.41) is 8.36. The van der Waals surface area contributed by atoms with Gasteiger partial charge in [-0.05, 0) is 49.7 Å². The van der Waals surface area contributed by atoms with Crippen molar-refractivity contribution >= 4 is 29.1 Å². The predicted octanol–water partition coefficient (Wildman–Crippen LogP) is 4.41. The summed E-state index contributed by atoms with van der Waals surface area (Å²) < 4.78 is 6.95. The summed E-state index contributed by atoms with van der Waals surface area (Å²) in [4.78, 5) is 22.6. The number of aromatic nitrogens is 4. The van der Waals surface area contributed by atoms with Crippen molar-refractivity contribution in [3.8, 4) is 5.75 Å². The number of anilines is 1. The van der Waals surface area contributed by atoms with Gasteiger partial charge in [0.1, 0.15) is 16.6 Å². The summed E-state index contributed by atoms with van der Waals surface area (Å²) in [6.07, 6.45) is 0.796. The van der Waals surface area contributed by atoms with Crippen molar-refractivity contribution in [1.82, 2.24) is 19.6 Å². The Morgan fingerprint density at radius 1 is 1.13 bits per heavy atom. The average molecular weight is 420 g/mol. The summed E-state index contributed by atoms with van der Waals surface area (Å²) in [5.74, 6) is 1.68. The largest absolute Gasteiger partial charge is 0.497 e. The van der Waals surface area contributed by atoms with Crippen molar-refractivity contribution in [2.45, 2.75) is 30.2 Å². The molecule has 2 aromatic carbocycles. The standard InChI is InChI=1S/C22H21N5O2S/c1-4-16-13-20(27-22(24-16)23-14(2)26-27)30-19-11-6-5-10-18(19)25-21(28)15-8-7-9-17(12-15)29-3/h5-13H,4H2,1-3H3,(H,25,28). The number of amides is 1. The molecular formula is C22H21N5O2S. The third kappa shape index (κ3) is 4.13. The van der Waals surface area contributed by atoms with Gasteiger partial charge < -0.3 is 10.1 Å². The van der Waals surface area contributed by atoms with E-state index in [-0.39, 0.29) is 5.91 Å². The number of ether oxygens (including phenoxy) is 1. The molecule has 8 heteroatoms. The number of benzene rings is 2. The topological polar surface area (TPSA) is 81.4 Å². The lowest BCUT2D eigenvalue weighted by atomic mass is 10.2. The van der Waals surface area contributed by atoms with E-state index in [4.69, 9.17) is 4.74 Å². The molecule has 1 amide bonds. The van der Waals surface area contributed by atoms with Crippen LogP contribution >= 0.6 is 11.8 Å². The van der Waals surface area contributed by atoms with Crippen LogP contribution in [0.3, 0.4) is 0 Å². The molecule has 0 fully saturated rings. The first kappa shape index (κ1) is 19.9. The zero-order valence-electron chi connectivity index (χ0n) is 16.9. The second-order valence-corrected chi connectivity index (χ2v) is 7.66. The van der Waals surface area contributed by atoms with Gasteiger partial charge in [0.15, 0.2) is 0 Å². The van der Waals surface area contributed by atoms with Crippen LogP contribution in [0.15, 0.2) is 64.5 Å². The highest BCUT2D eigenvalue weighted by molar-refractivity contribution is 7.99. The Bertz CT molecular complexity index is 1220. The van der Waals surface area contributed by atoms with E-state index in [0.29, 0.717) is 22.9 Å². The highest BCUT2D eigenvalue weighted by Crippen LogP contribution is 2.34. The molecule has 152 valence electrons. The molecule has 0 saturated carbocycles. The minimum atomic E-state index is -0.201. The van der Waals surface area contributed by atoms with Crippen LogP contribution in [0.4, 0.5) is 5.69 Å². The summed E-state index contributed by atoms with van der Waals surface area (Å²) >= 11 is 1.51. The minimum absolute atomic E-state index is 0.201. The van der Waals surface area contributed by atoms with E-state index in [0.717, 1.165) is 27.7 Å². The molecule has 0 unspecified atom stereocenters. The number of methoxy groups -OCH3 is 1. The molecule has 1 N–H and O–H groups in total. The zero-order chi connectivity index (χ0) is 21.1. The summed E-state index contributed by atoms with van der Waals surface area (Å²) in [7, 11) is 1.58. The van der Waals surface area contributed by atoms with Gasteiger partial charge in [-0.3, -0.25) is 4.79 Å². The first-order valence-corrected chi connectivity index (χ1v) is 10.3. The highest BCUT2D eigenvalue weighted by atomic mass is 32.2. The molecule has 7 nitrogen and oxygen atoms in total. The van der Waals surface area contributed by atoms with Crippen LogP contribution in [0, 0.1) is 6.92 Å². The molecule has 2 aromatic heterocycles. The molecule has 2 heterocycles. The first-order chi connectivity index (χ1) is 14.6. The summed E-state index contributed by atoms with van der Waals surface area (Å²) in [6, 6.07) is 16.8. The van der Waals surface area contributed by atoms with E-state index in [1.54, 1.807) is 35.9 Å². The second kappa shape index (κ2) is 8.54. The predicted molar refractivity (Wildman–Crippen MR) is 116 cm³/mol. The lowest BCUT2D eigenvalue weighted by Gasteiger charge is -2.12. The Labute approximate surface area is 178 Å². The molecule has 0 aliphatic heterocycles. The number of nitrogens with one attached hydrogen (secondary N) is 1. The number of para-hydroxylation sites is 1. The van der Waals surface area contributed by atoms with E-state index >= 15 is 0 Å². The van der Waals surface area contributed by atoms with Gasteiger partial charge in [-0.2, -0.15) is 9.50 Å². The van der Waals surface area contributed by atoms with Crippen LogP contribution in [0.2, 0.25) is 0 Å². The monoisotopic (exact) mass is 419 g/mol. The van der Waals surface area contributed by atoms with E-state index in [1.165, 1.54) is 11.8 Å². The first-order valence-electron chi connectivity index (χ1n) is 9.53. The molecular weight excluding hydrogens is 398 g/mol. The molecule has 0 radical (unpaired) electrons. The van der Waals surface area contributed by atoms with Crippen LogP contribution in [0.25, 0.3) is 5.78 Å². The number of aryl methyl sites for hydroxylation is 2. The lowest BCUT2D eigenvalue weighted by Crippen LogP contribution is -2.12. The summed E-state index contributed by atoms with van der Waals surface area (Å²) in [6.45, 7) is 3.90. The Kier molecular flexibility index (Phi) is 5.67. The maximum atomic E-state index is 12.8. The molecule has 0 atom stereocenters. The van der Waals surface area contributed by atoms with Crippen molar-refractivity contribution in [3.05, 3.63) is 71.7 Å². The number of nitrogens with zero attached hydrogens (tertiary/aromatic N) is 4. The van der Waals surface area contributed by atoms with Gasteiger partial charge in [0.05, 0.1) is 12.8 Å². The Morgan fingerprint density at radius 2 is 1.97 bits per heavy atom. The van der Waals surface area contributed by atoms with Crippen LogP contribution in [-0.4, -0.2) is 32.6 Å². The number of carbonyl (C=O) groups excluding carboxylic acids is 1. The van der Waals surface area contributed by atoms with Crippen molar-refractivity contribution in [2.24, 2.45) is 0 Å². The number of carbonyl (C=O) groups is 1. The molecule has 0 spiro atoms. The normalized spacial score (nSPS) is 10.9. The van der Waals surface area contributed by atoms with Gasteiger partial charge in [-0.25, -0.2) is 4.98 Å². The Hall–Kier alpha value is -3.39. The van der Waals surface area contributed by atoms with Gasteiger partial charge >= 0.3 is 0 Å². The minimum Gasteiger partial charge on any atom is -0.497 e. The average Bonchev–Trinajstić information content (AvgIpc) is 3.15. The van der Waals surface area contributed by atoms with Gasteiger partial charge in [0.25, 0.3) is 11.7 Å². The van der Waals surface area contributed by atoms with Crippen molar-refractivity contribution in [2.75, 3.05) is 12.4 Å². The van der Waals surface area contributed by atoms with Crippen LogP contribution in [0.5, 0.6) is 5.75 Å². The molecule has 4 aromatic rings. The van der Waals surface area contributed by atoms with Gasteiger partial charge in [0.2, 0.25) is 0 Å². The zero-order valence-corrected chi connectivity index (χ0v) is 17.7. The number of rotatable bonds is 6. The SMILES string of the molecule is CCc1cc(Sc2ccccc2NC(=O)c2cccc(OC)c2)n2nc(C)nc2n1. The maximum Gasteiger partial charge on any atom is 0.255 e. The molecule has 0 aliphatic carbocycles. The van der Waals surface area contributed by atoms with Crippen molar-refractivity contribution in [3.63, 3.8) is 0 Å². The van der Waals surface area contributed by atoms with Gasteiger partial charge in [0, 0.05) is 16.2 Å². The highest BCUT2D eigenvalue weighted by Gasteiger charge is 2.14. The fraction of sp³-hybridized carbons (Fsp3) is 0.182. The van der Waals surface area contributed by atoms with Crippen LogP contribution < -0.4 is 10.1 Å². The third-order valence-corrected chi connectivity index (χ3v) is 5.56. The van der Waals surface area contributed by atoms with Gasteiger partial charge in [-0.15, -0.1) is 5.10 Å². The molecule has 0 aliphatic rings. The fourth-order valence-corrected chi connectivity index (χ4v) is 3.98. The molecule has 0 bridgehead atoms. The fourth-order valence-electron chi connectivity index (χ4n) is 2.97. The molecule has 0 saturated heterocycles. The van der Waals surface area contributed by atoms with Gasteiger partial charge in [-0.1, -0.05) is 36.9 Å². The lowest BCUT2D eigenvalue weighted by molar-refractivity contribution is 0.102. The van der Waals surface area contributed by atoms with E-state index in [9.17, 15) is 4.79 Å². The van der Waals surface area contributed by atoms with Crippen molar-refractivity contribution in [1.29, 1.82) is 0 Å². The van der Waals surface area contributed by atoms with E-state index in [2.05, 4.69) is 27.3 Å². The Morgan fingerprint density at radius 3 is 2.77 bits per heavy atom. The quantitative estimate of drug-likeness (QED) is 0.466. The smallest absolute Gasteiger partial charge is 0.255 e.